The second kappa shape index (κ2) is 4.84. The van der Waals surface area contributed by atoms with E-state index in [-0.39, 0.29) is 6.61 Å². The molecule has 0 spiro atoms. The maximum atomic E-state index is 12.9. The Morgan fingerprint density at radius 1 is 1.33 bits per heavy atom. The lowest BCUT2D eigenvalue weighted by Gasteiger charge is -2.36. The summed E-state index contributed by atoms with van der Waals surface area (Å²) in [5.41, 5.74) is 0. The van der Waals surface area contributed by atoms with Crippen LogP contribution in [-0.2, 0) is 14.3 Å². The standard InChI is InChI=1S/C8H13FO6/c1-3(10)14-2-4-5(11)6(12)7(13)8(9)15-4/h4-8,11-13H,2H2,1H3/t4?,5-,6?,7+,8-/m1/s1. The number of hydrogen-bond donors (Lipinski definition) is 3. The molecule has 1 rings (SSSR count). The molecule has 0 aromatic heterocycles. The van der Waals surface area contributed by atoms with Gasteiger partial charge in [0.1, 0.15) is 31.0 Å². The van der Waals surface area contributed by atoms with Crippen LogP contribution in [0.15, 0.2) is 0 Å². The molecule has 1 fully saturated rings. The number of aliphatic hydroxyl groups is 3. The molecule has 6 nitrogen and oxygen atoms in total. The number of halogens is 1. The number of carbonyl (C=O) groups excluding carboxylic acids is 1. The number of esters is 1. The van der Waals surface area contributed by atoms with Crippen LogP contribution in [0.5, 0.6) is 0 Å². The van der Waals surface area contributed by atoms with Gasteiger partial charge in [-0.2, -0.15) is 0 Å². The molecule has 2 unspecified atom stereocenters. The average molecular weight is 224 g/mol. The normalized spacial score (nSPS) is 41.3. The van der Waals surface area contributed by atoms with Gasteiger partial charge in [-0.05, 0) is 0 Å². The van der Waals surface area contributed by atoms with Crippen LogP contribution in [0.1, 0.15) is 6.92 Å². The number of carbonyl (C=O) groups is 1. The second-order valence-corrected chi connectivity index (χ2v) is 3.30. The molecule has 0 bridgehead atoms. The predicted molar refractivity (Wildman–Crippen MR) is 44.4 cm³/mol. The molecule has 0 saturated carbocycles. The van der Waals surface area contributed by atoms with E-state index in [0.717, 1.165) is 6.92 Å². The molecule has 0 aliphatic carbocycles. The van der Waals surface area contributed by atoms with Crippen LogP contribution in [0.25, 0.3) is 0 Å². The zero-order valence-electron chi connectivity index (χ0n) is 8.04. The fraction of sp³-hybridized carbons (Fsp3) is 0.875. The Balaban J connectivity index is 2.54. The minimum atomic E-state index is -2.11. The lowest BCUT2D eigenvalue weighted by molar-refractivity contribution is -0.264. The molecule has 0 aromatic carbocycles. The molecule has 1 heterocycles. The van der Waals surface area contributed by atoms with Gasteiger partial charge in [0.2, 0.25) is 6.36 Å². The van der Waals surface area contributed by atoms with E-state index in [4.69, 9.17) is 5.11 Å². The van der Waals surface area contributed by atoms with E-state index in [0.29, 0.717) is 0 Å². The first-order valence-corrected chi connectivity index (χ1v) is 4.40. The highest BCUT2D eigenvalue weighted by Gasteiger charge is 2.44. The van der Waals surface area contributed by atoms with Crippen molar-refractivity contribution in [2.24, 2.45) is 0 Å². The smallest absolute Gasteiger partial charge is 0.302 e. The SMILES string of the molecule is CC(=O)OCC1O[C@@H](F)[C@@H](O)C(O)[C@@H]1O. The lowest BCUT2D eigenvalue weighted by atomic mass is 10.00. The summed E-state index contributed by atoms with van der Waals surface area (Å²) in [6.45, 7) is 0.772. The number of ether oxygens (including phenoxy) is 2. The Hall–Kier alpha value is -0.760. The lowest BCUT2D eigenvalue weighted by Crippen LogP contribution is -2.57. The molecule has 0 amide bonds. The Morgan fingerprint density at radius 3 is 2.47 bits per heavy atom. The summed E-state index contributed by atoms with van der Waals surface area (Å²) >= 11 is 0. The monoisotopic (exact) mass is 224 g/mol. The van der Waals surface area contributed by atoms with Crippen molar-refractivity contribution in [3.05, 3.63) is 0 Å². The van der Waals surface area contributed by atoms with Gasteiger partial charge in [-0.3, -0.25) is 4.79 Å². The summed E-state index contributed by atoms with van der Waals surface area (Å²) in [6.07, 6.45) is -8.24. The van der Waals surface area contributed by atoms with E-state index in [2.05, 4.69) is 9.47 Å². The molecule has 0 aromatic rings. The van der Waals surface area contributed by atoms with Gasteiger partial charge < -0.3 is 24.8 Å². The molecule has 3 N–H and O–H groups in total. The van der Waals surface area contributed by atoms with Crippen molar-refractivity contribution in [1.82, 2.24) is 0 Å². The van der Waals surface area contributed by atoms with E-state index < -0.39 is 36.7 Å². The van der Waals surface area contributed by atoms with Crippen LogP contribution in [0.3, 0.4) is 0 Å². The zero-order valence-corrected chi connectivity index (χ0v) is 8.04. The summed E-state index contributed by atoms with van der Waals surface area (Å²) < 4.78 is 21.9. The van der Waals surface area contributed by atoms with E-state index >= 15 is 0 Å². The van der Waals surface area contributed by atoms with Crippen molar-refractivity contribution >= 4 is 5.97 Å². The van der Waals surface area contributed by atoms with Gasteiger partial charge in [-0.25, -0.2) is 4.39 Å². The van der Waals surface area contributed by atoms with E-state index in [9.17, 15) is 19.4 Å². The van der Waals surface area contributed by atoms with E-state index in [1.807, 2.05) is 0 Å². The largest absolute Gasteiger partial charge is 0.463 e. The van der Waals surface area contributed by atoms with Crippen LogP contribution in [-0.4, -0.2) is 58.7 Å². The van der Waals surface area contributed by atoms with Crippen molar-refractivity contribution in [3.63, 3.8) is 0 Å². The van der Waals surface area contributed by atoms with Gasteiger partial charge in [0, 0.05) is 6.92 Å². The first-order chi connectivity index (χ1) is 6.93. The highest BCUT2D eigenvalue weighted by molar-refractivity contribution is 5.65. The fourth-order valence-corrected chi connectivity index (χ4v) is 1.24. The average Bonchev–Trinajstić information content (AvgIpc) is 2.18. The maximum absolute atomic E-state index is 12.9. The molecular formula is C8H13FO6. The van der Waals surface area contributed by atoms with Crippen LogP contribution in [0, 0.1) is 0 Å². The molecule has 1 saturated heterocycles. The highest BCUT2D eigenvalue weighted by Crippen LogP contribution is 2.22. The van der Waals surface area contributed by atoms with Crippen molar-refractivity contribution in [1.29, 1.82) is 0 Å². The van der Waals surface area contributed by atoms with Crippen molar-refractivity contribution in [2.45, 2.75) is 37.7 Å². The molecule has 15 heavy (non-hydrogen) atoms. The van der Waals surface area contributed by atoms with Gasteiger partial charge in [-0.15, -0.1) is 0 Å². The van der Waals surface area contributed by atoms with Crippen LogP contribution < -0.4 is 0 Å². The minimum absolute atomic E-state index is 0.374. The molecule has 1 aliphatic rings. The Kier molecular flexibility index (Phi) is 3.97. The maximum Gasteiger partial charge on any atom is 0.302 e. The van der Waals surface area contributed by atoms with Crippen molar-refractivity contribution < 1.29 is 34.0 Å². The topological polar surface area (TPSA) is 96.2 Å². The second-order valence-electron chi connectivity index (χ2n) is 3.30. The summed E-state index contributed by atoms with van der Waals surface area (Å²) in [5.74, 6) is -0.609. The number of hydrogen-bond acceptors (Lipinski definition) is 6. The van der Waals surface area contributed by atoms with Gasteiger partial charge in [0.25, 0.3) is 0 Å². The summed E-state index contributed by atoms with van der Waals surface area (Å²) in [5, 5.41) is 27.5. The molecule has 5 atom stereocenters. The Labute approximate surface area is 85.2 Å². The molecule has 7 heteroatoms. The molecule has 1 aliphatic heterocycles. The summed E-state index contributed by atoms with van der Waals surface area (Å²) in [4.78, 5) is 10.5. The first-order valence-electron chi connectivity index (χ1n) is 4.40. The number of alkyl halides is 1. The van der Waals surface area contributed by atoms with Crippen molar-refractivity contribution in [3.8, 4) is 0 Å². The molecular weight excluding hydrogens is 211 g/mol. The fourth-order valence-electron chi connectivity index (χ4n) is 1.24. The van der Waals surface area contributed by atoms with Gasteiger partial charge in [-0.1, -0.05) is 0 Å². The molecule has 88 valence electrons. The van der Waals surface area contributed by atoms with Gasteiger partial charge in [0.05, 0.1) is 0 Å². The van der Waals surface area contributed by atoms with Crippen LogP contribution in [0.4, 0.5) is 4.39 Å². The van der Waals surface area contributed by atoms with Gasteiger partial charge >= 0.3 is 5.97 Å². The van der Waals surface area contributed by atoms with Crippen molar-refractivity contribution in [2.75, 3.05) is 6.61 Å². The summed E-state index contributed by atoms with van der Waals surface area (Å²) in [6, 6.07) is 0. The van der Waals surface area contributed by atoms with E-state index in [1.54, 1.807) is 0 Å². The number of aliphatic hydroxyl groups excluding tert-OH is 3. The van der Waals surface area contributed by atoms with Crippen LogP contribution >= 0.6 is 0 Å². The third-order valence-corrected chi connectivity index (χ3v) is 2.10. The predicted octanol–water partition coefficient (Wildman–Crippen LogP) is -1.67. The van der Waals surface area contributed by atoms with Crippen LogP contribution in [0.2, 0.25) is 0 Å². The Morgan fingerprint density at radius 2 is 1.93 bits per heavy atom. The third kappa shape index (κ3) is 2.85. The molecule has 0 radical (unpaired) electrons. The van der Waals surface area contributed by atoms with Gasteiger partial charge in [0.15, 0.2) is 0 Å². The minimum Gasteiger partial charge on any atom is -0.463 e. The zero-order chi connectivity index (χ0) is 11.6. The first kappa shape index (κ1) is 12.3. The number of rotatable bonds is 2. The Bertz CT molecular complexity index is 235. The quantitative estimate of drug-likeness (QED) is 0.485. The summed E-state index contributed by atoms with van der Waals surface area (Å²) in [7, 11) is 0. The highest BCUT2D eigenvalue weighted by atomic mass is 19.1. The van der Waals surface area contributed by atoms with E-state index in [1.165, 1.54) is 0 Å². The third-order valence-electron chi connectivity index (χ3n) is 2.10.